The zero-order chi connectivity index (χ0) is 13.1. The van der Waals surface area contributed by atoms with Gasteiger partial charge >= 0.3 is 0 Å². The number of amides is 1. The first-order valence-electron chi connectivity index (χ1n) is 6.30. The molecule has 0 bridgehead atoms. The topological polar surface area (TPSA) is 65.5 Å². The van der Waals surface area contributed by atoms with Gasteiger partial charge in [-0.05, 0) is 25.5 Å². The second kappa shape index (κ2) is 5.35. The van der Waals surface area contributed by atoms with Crippen molar-refractivity contribution in [1.29, 1.82) is 0 Å². The average molecular weight is 249 g/mol. The van der Waals surface area contributed by atoms with Gasteiger partial charge in [0.25, 0.3) is 5.91 Å². The highest BCUT2D eigenvalue weighted by Crippen LogP contribution is 2.14. The van der Waals surface area contributed by atoms with Crippen molar-refractivity contribution in [1.82, 2.24) is 9.88 Å². The van der Waals surface area contributed by atoms with Gasteiger partial charge in [-0.15, -0.1) is 0 Å². The number of hydrogen-bond donors (Lipinski definition) is 2. The standard InChI is InChI=1S/C13H19N3O2/c1-3-9(2)15-10-4-5-12(14-6-10)13(18)16-7-11(17)8-16/h4-6,9,11,15,17H,3,7-8H2,1-2H3. The second-order valence-corrected chi connectivity index (χ2v) is 4.75. The van der Waals surface area contributed by atoms with E-state index in [2.05, 4.69) is 24.1 Å². The van der Waals surface area contributed by atoms with Gasteiger partial charge in [0.1, 0.15) is 5.69 Å². The summed E-state index contributed by atoms with van der Waals surface area (Å²) in [6.07, 6.45) is 2.34. The molecule has 1 amide bonds. The molecule has 5 heteroatoms. The van der Waals surface area contributed by atoms with E-state index in [-0.39, 0.29) is 12.0 Å². The van der Waals surface area contributed by atoms with E-state index in [1.807, 2.05) is 6.07 Å². The van der Waals surface area contributed by atoms with Crippen LogP contribution in [0.25, 0.3) is 0 Å². The van der Waals surface area contributed by atoms with E-state index in [4.69, 9.17) is 5.11 Å². The van der Waals surface area contributed by atoms with Crippen molar-refractivity contribution < 1.29 is 9.90 Å². The normalized spacial score (nSPS) is 17.2. The molecule has 5 nitrogen and oxygen atoms in total. The van der Waals surface area contributed by atoms with E-state index in [0.29, 0.717) is 24.8 Å². The smallest absolute Gasteiger partial charge is 0.272 e. The highest BCUT2D eigenvalue weighted by Gasteiger charge is 2.29. The summed E-state index contributed by atoms with van der Waals surface area (Å²) in [5, 5.41) is 12.5. The Bertz CT molecular complexity index is 413. The van der Waals surface area contributed by atoms with Crippen LogP contribution in [0.2, 0.25) is 0 Å². The first kappa shape index (κ1) is 12.8. The number of hydrogen-bond acceptors (Lipinski definition) is 4. The number of β-amino-alcohol motifs (C(OH)–C–C–N with tert-alkyl or cyclic N) is 1. The summed E-state index contributed by atoms with van der Waals surface area (Å²) in [5.41, 5.74) is 1.35. The summed E-state index contributed by atoms with van der Waals surface area (Å²) in [6, 6.07) is 3.97. The molecule has 98 valence electrons. The second-order valence-electron chi connectivity index (χ2n) is 4.75. The summed E-state index contributed by atoms with van der Waals surface area (Å²) in [6.45, 7) is 5.03. The van der Waals surface area contributed by atoms with Gasteiger partial charge in [-0.25, -0.2) is 4.98 Å². The molecule has 1 fully saturated rings. The molecule has 0 aromatic carbocycles. The lowest BCUT2D eigenvalue weighted by molar-refractivity contribution is 0.00551. The Morgan fingerprint density at radius 1 is 1.61 bits per heavy atom. The van der Waals surface area contributed by atoms with Gasteiger partial charge in [-0.1, -0.05) is 6.92 Å². The van der Waals surface area contributed by atoms with Crippen molar-refractivity contribution in [3.05, 3.63) is 24.0 Å². The van der Waals surface area contributed by atoms with Crippen LogP contribution in [0, 0.1) is 0 Å². The molecule has 2 rings (SSSR count). The molecule has 1 atom stereocenters. The maximum atomic E-state index is 11.9. The molecular weight excluding hydrogens is 230 g/mol. The number of pyridine rings is 1. The number of carbonyl (C=O) groups is 1. The van der Waals surface area contributed by atoms with Crippen molar-refractivity contribution in [2.24, 2.45) is 0 Å². The number of aliphatic hydroxyl groups excluding tert-OH is 1. The predicted molar refractivity (Wildman–Crippen MR) is 69.5 cm³/mol. The fraction of sp³-hybridized carbons (Fsp3) is 0.538. The molecule has 1 aliphatic heterocycles. The average Bonchev–Trinajstić information content (AvgIpc) is 2.35. The van der Waals surface area contributed by atoms with Crippen molar-refractivity contribution in [2.45, 2.75) is 32.4 Å². The minimum absolute atomic E-state index is 0.115. The van der Waals surface area contributed by atoms with Crippen LogP contribution in [0.15, 0.2) is 18.3 Å². The molecule has 0 saturated carbocycles. The predicted octanol–water partition coefficient (Wildman–Crippen LogP) is 1.11. The Labute approximate surface area is 107 Å². The first-order valence-corrected chi connectivity index (χ1v) is 6.30. The van der Waals surface area contributed by atoms with E-state index < -0.39 is 0 Å². The maximum Gasteiger partial charge on any atom is 0.272 e. The molecular formula is C13H19N3O2. The van der Waals surface area contributed by atoms with Crippen LogP contribution in [-0.2, 0) is 0 Å². The third-order valence-corrected chi connectivity index (χ3v) is 3.16. The zero-order valence-corrected chi connectivity index (χ0v) is 10.8. The van der Waals surface area contributed by atoms with Crippen LogP contribution in [0.1, 0.15) is 30.8 Å². The molecule has 1 aromatic rings. The van der Waals surface area contributed by atoms with Gasteiger partial charge in [0.2, 0.25) is 0 Å². The Morgan fingerprint density at radius 2 is 2.33 bits per heavy atom. The molecule has 2 heterocycles. The first-order chi connectivity index (χ1) is 8.60. The van der Waals surface area contributed by atoms with Crippen LogP contribution in [-0.4, -0.2) is 46.1 Å². The third-order valence-electron chi connectivity index (χ3n) is 3.16. The van der Waals surface area contributed by atoms with Crippen LogP contribution in [0.5, 0.6) is 0 Å². The summed E-state index contributed by atoms with van der Waals surface area (Å²) in [7, 11) is 0. The van der Waals surface area contributed by atoms with E-state index in [9.17, 15) is 4.79 Å². The zero-order valence-electron chi connectivity index (χ0n) is 10.8. The Balaban J connectivity index is 1.97. The molecule has 1 unspecified atom stereocenters. The van der Waals surface area contributed by atoms with Gasteiger partial charge in [-0.3, -0.25) is 4.79 Å². The summed E-state index contributed by atoms with van der Waals surface area (Å²) in [4.78, 5) is 17.6. The number of aromatic nitrogens is 1. The molecule has 2 N–H and O–H groups in total. The van der Waals surface area contributed by atoms with Gasteiger partial charge in [-0.2, -0.15) is 0 Å². The lowest BCUT2D eigenvalue weighted by Crippen LogP contribution is -2.53. The van der Waals surface area contributed by atoms with E-state index in [1.165, 1.54) is 0 Å². The number of nitrogens with one attached hydrogen (secondary N) is 1. The van der Waals surface area contributed by atoms with Gasteiger partial charge < -0.3 is 15.3 Å². The van der Waals surface area contributed by atoms with Gasteiger partial charge in [0, 0.05) is 19.1 Å². The van der Waals surface area contributed by atoms with Crippen LogP contribution in [0.4, 0.5) is 5.69 Å². The third kappa shape index (κ3) is 2.79. The lowest BCUT2D eigenvalue weighted by Gasteiger charge is -2.35. The van der Waals surface area contributed by atoms with Crippen LogP contribution >= 0.6 is 0 Å². The fourth-order valence-corrected chi connectivity index (χ4v) is 1.78. The molecule has 0 aliphatic carbocycles. The molecule has 0 radical (unpaired) electrons. The summed E-state index contributed by atoms with van der Waals surface area (Å²) in [5.74, 6) is -0.115. The minimum Gasteiger partial charge on any atom is -0.389 e. The highest BCUT2D eigenvalue weighted by atomic mass is 16.3. The summed E-state index contributed by atoms with van der Waals surface area (Å²) < 4.78 is 0. The SMILES string of the molecule is CCC(C)Nc1ccc(C(=O)N2CC(O)C2)nc1. The lowest BCUT2D eigenvalue weighted by atomic mass is 10.1. The quantitative estimate of drug-likeness (QED) is 0.839. The number of anilines is 1. The number of rotatable bonds is 4. The molecule has 0 spiro atoms. The molecule has 1 saturated heterocycles. The van der Waals surface area contributed by atoms with Crippen LogP contribution < -0.4 is 5.32 Å². The largest absolute Gasteiger partial charge is 0.389 e. The molecule has 1 aliphatic rings. The number of carbonyl (C=O) groups excluding carboxylic acids is 1. The molecule has 1 aromatic heterocycles. The van der Waals surface area contributed by atoms with E-state index in [0.717, 1.165) is 12.1 Å². The van der Waals surface area contributed by atoms with Crippen molar-refractivity contribution in [2.75, 3.05) is 18.4 Å². The highest BCUT2D eigenvalue weighted by molar-refractivity contribution is 5.93. The fourth-order valence-electron chi connectivity index (χ4n) is 1.78. The Kier molecular flexibility index (Phi) is 3.81. The van der Waals surface area contributed by atoms with E-state index >= 15 is 0 Å². The van der Waals surface area contributed by atoms with Gasteiger partial charge in [0.15, 0.2) is 0 Å². The van der Waals surface area contributed by atoms with E-state index in [1.54, 1.807) is 17.2 Å². The number of aliphatic hydroxyl groups is 1. The van der Waals surface area contributed by atoms with Crippen molar-refractivity contribution in [3.8, 4) is 0 Å². The van der Waals surface area contributed by atoms with Crippen LogP contribution in [0.3, 0.4) is 0 Å². The summed E-state index contributed by atoms with van der Waals surface area (Å²) >= 11 is 0. The van der Waals surface area contributed by atoms with Crippen molar-refractivity contribution in [3.63, 3.8) is 0 Å². The molecule has 18 heavy (non-hydrogen) atoms. The monoisotopic (exact) mass is 249 g/mol. The number of nitrogens with zero attached hydrogens (tertiary/aromatic N) is 2. The Morgan fingerprint density at radius 3 is 2.83 bits per heavy atom. The van der Waals surface area contributed by atoms with Gasteiger partial charge in [0.05, 0.1) is 18.0 Å². The number of likely N-dealkylation sites (tertiary alicyclic amines) is 1. The van der Waals surface area contributed by atoms with Crippen molar-refractivity contribution >= 4 is 11.6 Å². The Hall–Kier alpha value is -1.62. The minimum atomic E-state index is -0.375. The maximum absolute atomic E-state index is 11.9.